The molecule has 218 valence electrons. The summed E-state index contributed by atoms with van der Waals surface area (Å²) in [5.41, 5.74) is 8.87. The number of nitrogens with one attached hydrogen (secondary N) is 1. The maximum absolute atomic E-state index is 12.7. The molecular formula is C35H35N5O2S. The lowest BCUT2D eigenvalue weighted by Gasteiger charge is -2.19. The van der Waals surface area contributed by atoms with Gasteiger partial charge in [-0.15, -0.1) is 10.2 Å². The van der Waals surface area contributed by atoms with E-state index < -0.39 is 0 Å². The molecular weight excluding hydrogens is 554 g/mol. The number of hydrogen-bond donors (Lipinski definition) is 1. The lowest BCUT2D eigenvalue weighted by atomic mass is 9.87. The van der Waals surface area contributed by atoms with Gasteiger partial charge in [-0.3, -0.25) is 9.36 Å². The van der Waals surface area contributed by atoms with Crippen molar-refractivity contribution in [3.8, 4) is 22.8 Å². The van der Waals surface area contributed by atoms with Gasteiger partial charge in [-0.25, -0.2) is 5.43 Å². The van der Waals surface area contributed by atoms with E-state index in [1.165, 1.54) is 17.3 Å². The summed E-state index contributed by atoms with van der Waals surface area (Å²) >= 11 is 1.31. The SMILES string of the molecule is Cc1ccc(-n2c(SCC(=O)N/N=C\c3cccc(OCc4ccccc4)c3)nnc2-c2ccc(C(C)(C)C)cc2)cc1. The van der Waals surface area contributed by atoms with E-state index in [0.717, 1.165) is 39.5 Å². The molecule has 0 bridgehead atoms. The van der Waals surface area contributed by atoms with E-state index in [1.54, 1.807) is 6.21 Å². The van der Waals surface area contributed by atoms with E-state index in [-0.39, 0.29) is 17.1 Å². The van der Waals surface area contributed by atoms with Crippen LogP contribution in [0.1, 0.15) is 43.0 Å². The normalized spacial score (nSPS) is 11.5. The number of benzene rings is 4. The number of carbonyl (C=O) groups is 1. The van der Waals surface area contributed by atoms with Crippen LogP contribution < -0.4 is 10.2 Å². The molecule has 0 unspecified atom stereocenters. The van der Waals surface area contributed by atoms with Crippen LogP contribution >= 0.6 is 11.8 Å². The number of carbonyl (C=O) groups excluding carboxylic acids is 1. The third-order valence-corrected chi connectivity index (χ3v) is 7.71. The van der Waals surface area contributed by atoms with Crippen LogP contribution in [0.2, 0.25) is 0 Å². The Hall–Kier alpha value is -4.69. The van der Waals surface area contributed by atoms with E-state index in [9.17, 15) is 4.79 Å². The topological polar surface area (TPSA) is 81.4 Å². The van der Waals surface area contributed by atoms with Crippen molar-refractivity contribution in [2.75, 3.05) is 5.75 Å². The second-order valence-electron chi connectivity index (χ2n) is 11.2. The molecule has 1 N–H and O–H groups in total. The Bertz CT molecular complexity index is 1690. The molecule has 0 spiro atoms. The number of hydrogen-bond acceptors (Lipinski definition) is 6. The molecule has 0 saturated carbocycles. The largest absolute Gasteiger partial charge is 0.489 e. The second kappa shape index (κ2) is 13.5. The smallest absolute Gasteiger partial charge is 0.250 e. The van der Waals surface area contributed by atoms with Crippen molar-refractivity contribution in [2.24, 2.45) is 5.10 Å². The fraction of sp³-hybridized carbons (Fsp3) is 0.200. The highest BCUT2D eigenvalue weighted by molar-refractivity contribution is 7.99. The van der Waals surface area contributed by atoms with Gasteiger partial charge < -0.3 is 4.74 Å². The molecule has 0 aliphatic rings. The molecule has 0 saturated heterocycles. The van der Waals surface area contributed by atoms with Gasteiger partial charge in [0.25, 0.3) is 5.91 Å². The van der Waals surface area contributed by atoms with Crippen LogP contribution in [0.3, 0.4) is 0 Å². The van der Waals surface area contributed by atoms with Crippen LogP contribution in [0.5, 0.6) is 5.75 Å². The van der Waals surface area contributed by atoms with Crippen molar-refractivity contribution in [3.63, 3.8) is 0 Å². The third-order valence-electron chi connectivity index (χ3n) is 6.78. The van der Waals surface area contributed by atoms with E-state index in [4.69, 9.17) is 4.74 Å². The quantitative estimate of drug-likeness (QED) is 0.105. The van der Waals surface area contributed by atoms with Crippen molar-refractivity contribution in [1.29, 1.82) is 0 Å². The van der Waals surface area contributed by atoms with Gasteiger partial charge in [-0.2, -0.15) is 5.10 Å². The Morgan fingerprint density at radius 2 is 1.67 bits per heavy atom. The number of amides is 1. The zero-order chi connectivity index (χ0) is 30.2. The number of hydrazone groups is 1. The molecule has 0 aliphatic carbocycles. The standard InChI is InChI=1S/C35H35N5O2S/c1-25-13-19-30(20-14-25)40-33(28-15-17-29(18-16-28)35(2,3)4)38-39-34(40)43-24-32(41)37-36-22-27-11-8-12-31(21-27)42-23-26-9-6-5-7-10-26/h5-22H,23-24H2,1-4H3,(H,37,41)/b36-22-. The van der Waals surface area contributed by atoms with Gasteiger partial charge in [0.05, 0.1) is 12.0 Å². The fourth-order valence-electron chi connectivity index (χ4n) is 4.36. The number of nitrogens with zero attached hydrogens (tertiary/aromatic N) is 4. The lowest BCUT2D eigenvalue weighted by Crippen LogP contribution is -2.20. The van der Waals surface area contributed by atoms with Gasteiger partial charge in [0.2, 0.25) is 0 Å². The van der Waals surface area contributed by atoms with Gasteiger partial charge in [0.15, 0.2) is 11.0 Å². The summed E-state index contributed by atoms with van der Waals surface area (Å²) < 4.78 is 7.88. The predicted octanol–water partition coefficient (Wildman–Crippen LogP) is 7.36. The molecule has 7 nitrogen and oxygen atoms in total. The summed E-state index contributed by atoms with van der Waals surface area (Å²) in [4.78, 5) is 12.7. The molecule has 1 amide bonds. The first-order valence-corrected chi connectivity index (χ1v) is 15.1. The first-order valence-electron chi connectivity index (χ1n) is 14.1. The number of thioether (sulfide) groups is 1. The van der Waals surface area contributed by atoms with Crippen molar-refractivity contribution in [1.82, 2.24) is 20.2 Å². The predicted molar refractivity (Wildman–Crippen MR) is 174 cm³/mol. The molecule has 4 aromatic carbocycles. The monoisotopic (exact) mass is 589 g/mol. The molecule has 43 heavy (non-hydrogen) atoms. The van der Waals surface area contributed by atoms with Crippen LogP contribution in [0.25, 0.3) is 17.1 Å². The fourth-order valence-corrected chi connectivity index (χ4v) is 5.11. The van der Waals surface area contributed by atoms with E-state index in [0.29, 0.717) is 11.8 Å². The molecule has 8 heteroatoms. The average Bonchev–Trinajstić information content (AvgIpc) is 3.44. The molecule has 0 fully saturated rings. The van der Waals surface area contributed by atoms with E-state index in [1.807, 2.05) is 71.3 Å². The van der Waals surface area contributed by atoms with Gasteiger partial charge in [-0.05, 0) is 53.3 Å². The Kier molecular flexibility index (Phi) is 9.37. The van der Waals surface area contributed by atoms with E-state index in [2.05, 4.69) is 84.8 Å². The third kappa shape index (κ3) is 7.99. The number of rotatable bonds is 10. The molecule has 0 atom stereocenters. The molecule has 5 rings (SSSR count). The molecule has 1 heterocycles. The first kappa shape index (κ1) is 29.8. The van der Waals surface area contributed by atoms with Crippen LogP contribution in [0.4, 0.5) is 0 Å². The minimum Gasteiger partial charge on any atom is -0.489 e. The number of ether oxygens (including phenoxy) is 1. The van der Waals surface area contributed by atoms with Gasteiger partial charge >= 0.3 is 0 Å². The molecule has 0 aliphatic heterocycles. The minimum atomic E-state index is -0.243. The highest BCUT2D eigenvalue weighted by Gasteiger charge is 2.19. The average molecular weight is 590 g/mol. The van der Waals surface area contributed by atoms with Crippen LogP contribution in [-0.4, -0.2) is 32.6 Å². The summed E-state index contributed by atoms with van der Waals surface area (Å²) in [5, 5.41) is 13.7. The van der Waals surface area contributed by atoms with E-state index >= 15 is 0 Å². The summed E-state index contributed by atoms with van der Waals surface area (Å²) in [7, 11) is 0. The Balaban J connectivity index is 1.24. The Morgan fingerprint density at radius 3 is 2.40 bits per heavy atom. The van der Waals surface area contributed by atoms with Gasteiger partial charge in [0, 0.05) is 11.3 Å². The molecule has 0 radical (unpaired) electrons. The highest BCUT2D eigenvalue weighted by atomic mass is 32.2. The van der Waals surface area contributed by atoms with Crippen LogP contribution in [0, 0.1) is 6.92 Å². The summed E-state index contributed by atoms with van der Waals surface area (Å²) in [5.74, 6) is 1.34. The molecule has 5 aromatic rings. The summed E-state index contributed by atoms with van der Waals surface area (Å²) in [6.45, 7) is 9.11. The number of aromatic nitrogens is 3. The van der Waals surface area contributed by atoms with Crippen molar-refractivity contribution < 1.29 is 9.53 Å². The summed E-state index contributed by atoms with van der Waals surface area (Å²) in [6.07, 6.45) is 1.60. The number of aryl methyl sites for hydroxylation is 1. The van der Waals surface area contributed by atoms with Gasteiger partial charge in [-0.1, -0.05) is 117 Å². The maximum atomic E-state index is 12.7. The maximum Gasteiger partial charge on any atom is 0.250 e. The van der Waals surface area contributed by atoms with Crippen molar-refractivity contribution >= 4 is 23.9 Å². The Labute approximate surface area is 257 Å². The minimum absolute atomic E-state index is 0.0545. The molecule has 1 aromatic heterocycles. The van der Waals surface area contributed by atoms with Crippen molar-refractivity contribution in [3.05, 3.63) is 125 Å². The lowest BCUT2D eigenvalue weighted by molar-refractivity contribution is -0.118. The highest BCUT2D eigenvalue weighted by Crippen LogP contribution is 2.30. The Morgan fingerprint density at radius 1 is 0.930 bits per heavy atom. The van der Waals surface area contributed by atoms with Gasteiger partial charge in [0.1, 0.15) is 12.4 Å². The zero-order valence-corrected chi connectivity index (χ0v) is 25.6. The van der Waals surface area contributed by atoms with Crippen LogP contribution in [0.15, 0.2) is 113 Å². The van der Waals surface area contributed by atoms with Crippen molar-refractivity contribution in [2.45, 2.75) is 44.9 Å². The second-order valence-corrected chi connectivity index (χ2v) is 12.2. The summed E-state index contributed by atoms with van der Waals surface area (Å²) in [6, 6.07) is 34.2. The van der Waals surface area contributed by atoms with Crippen LogP contribution in [-0.2, 0) is 16.8 Å². The zero-order valence-electron chi connectivity index (χ0n) is 24.8. The first-order chi connectivity index (χ1) is 20.8.